The zero-order valence-electron chi connectivity index (χ0n) is 18.0. The Labute approximate surface area is 181 Å². The van der Waals surface area contributed by atoms with Crippen LogP contribution in [0.1, 0.15) is 29.3 Å². The molecule has 0 radical (unpaired) electrons. The van der Waals surface area contributed by atoms with E-state index in [-0.39, 0.29) is 24.0 Å². The molecule has 6 nitrogen and oxygen atoms in total. The third kappa shape index (κ3) is 4.01. The van der Waals surface area contributed by atoms with Gasteiger partial charge in [-0.05, 0) is 25.5 Å². The van der Waals surface area contributed by atoms with Crippen molar-refractivity contribution in [2.45, 2.75) is 26.3 Å². The third-order valence-corrected chi connectivity index (χ3v) is 6.21. The molecule has 1 amide bonds. The molecule has 0 bridgehead atoms. The van der Waals surface area contributed by atoms with Crippen LogP contribution in [0.2, 0.25) is 0 Å². The lowest BCUT2D eigenvalue weighted by Gasteiger charge is -2.38. The molecule has 31 heavy (non-hydrogen) atoms. The van der Waals surface area contributed by atoms with Crippen LogP contribution in [-0.4, -0.2) is 59.6 Å². The molecule has 0 aliphatic carbocycles. The van der Waals surface area contributed by atoms with Gasteiger partial charge in [-0.3, -0.25) is 14.5 Å². The van der Waals surface area contributed by atoms with Crippen LogP contribution < -0.4 is 5.43 Å². The molecule has 1 aliphatic heterocycles. The number of carbonyl (C=O) groups excluding carboxylic acids is 1. The average molecular weight is 421 g/mol. The van der Waals surface area contributed by atoms with Crippen molar-refractivity contribution >= 4 is 16.9 Å². The number of carbonyl (C=O) groups is 1. The maximum atomic E-state index is 13.4. The quantitative estimate of drug-likeness (QED) is 0.686. The van der Waals surface area contributed by atoms with Crippen molar-refractivity contribution in [1.29, 1.82) is 0 Å². The molecule has 0 spiro atoms. The fourth-order valence-electron chi connectivity index (χ4n) is 4.31. The molecule has 6 heteroatoms. The number of rotatable bonds is 5. The topological polar surface area (TPSA) is 74.0 Å². The minimum Gasteiger partial charge on any atom is -0.455 e. The maximum Gasteiger partial charge on any atom is 0.257 e. The summed E-state index contributed by atoms with van der Waals surface area (Å²) in [5.41, 5.74) is 1.98. The molecule has 2 heterocycles. The molecule has 1 saturated heterocycles. The summed E-state index contributed by atoms with van der Waals surface area (Å²) in [4.78, 5) is 30.4. The van der Waals surface area contributed by atoms with Gasteiger partial charge in [0.1, 0.15) is 5.76 Å². The van der Waals surface area contributed by atoms with E-state index in [1.54, 1.807) is 30.0 Å². The van der Waals surface area contributed by atoms with Crippen LogP contribution in [0.3, 0.4) is 0 Å². The lowest BCUT2D eigenvalue weighted by atomic mass is 10.0. The van der Waals surface area contributed by atoms with Crippen molar-refractivity contribution in [3.63, 3.8) is 0 Å². The van der Waals surface area contributed by atoms with Crippen molar-refractivity contribution in [2.75, 3.05) is 32.8 Å². The molecular formula is C25H28N2O4. The average Bonchev–Trinajstić information content (AvgIpc) is 2.82. The predicted molar refractivity (Wildman–Crippen MR) is 121 cm³/mol. The molecule has 3 aromatic rings. The Morgan fingerprint density at radius 1 is 1.06 bits per heavy atom. The molecule has 2 aromatic carbocycles. The molecule has 1 unspecified atom stereocenters. The first-order valence-corrected chi connectivity index (χ1v) is 10.8. The van der Waals surface area contributed by atoms with E-state index in [1.165, 1.54) is 0 Å². The summed E-state index contributed by atoms with van der Waals surface area (Å²) in [5, 5.41) is 9.98. The molecule has 4 rings (SSSR count). The second-order valence-electron chi connectivity index (χ2n) is 8.01. The fourth-order valence-corrected chi connectivity index (χ4v) is 4.31. The van der Waals surface area contributed by atoms with Gasteiger partial charge in [-0.1, -0.05) is 43.3 Å². The van der Waals surface area contributed by atoms with Crippen LogP contribution in [0.4, 0.5) is 0 Å². The number of hydrogen-bond acceptors (Lipinski definition) is 5. The van der Waals surface area contributed by atoms with Crippen molar-refractivity contribution < 1.29 is 14.3 Å². The monoisotopic (exact) mass is 420 g/mol. The number of piperazine rings is 1. The first kappa shape index (κ1) is 21.3. The SMILES string of the molecule is CCC(CO)N1CCN(C(=O)c2cccc3c(=O)c(C)c(-c4ccccc4)oc23)CC1. The van der Waals surface area contributed by atoms with Crippen molar-refractivity contribution in [3.8, 4) is 11.3 Å². The van der Waals surface area contributed by atoms with Crippen LogP contribution >= 0.6 is 0 Å². The van der Waals surface area contributed by atoms with Gasteiger partial charge < -0.3 is 14.4 Å². The van der Waals surface area contributed by atoms with Crippen LogP contribution in [0.25, 0.3) is 22.3 Å². The summed E-state index contributed by atoms with van der Waals surface area (Å²) >= 11 is 0. The minimum atomic E-state index is -0.131. The smallest absolute Gasteiger partial charge is 0.257 e. The molecule has 1 N–H and O–H groups in total. The summed E-state index contributed by atoms with van der Waals surface area (Å²) in [6.45, 7) is 6.53. The van der Waals surface area contributed by atoms with Crippen LogP contribution in [0.15, 0.2) is 57.7 Å². The number of fused-ring (bicyclic) bond motifs is 1. The van der Waals surface area contributed by atoms with E-state index in [1.807, 2.05) is 30.3 Å². The molecule has 1 fully saturated rings. The number of para-hydroxylation sites is 1. The van der Waals surface area contributed by atoms with Crippen LogP contribution in [0, 0.1) is 6.92 Å². The second kappa shape index (κ2) is 9.04. The lowest BCUT2D eigenvalue weighted by molar-refractivity contribution is 0.0473. The Hall–Kier alpha value is -2.96. The molecule has 1 atom stereocenters. The third-order valence-electron chi connectivity index (χ3n) is 6.21. The number of amides is 1. The largest absolute Gasteiger partial charge is 0.455 e. The van der Waals surface area contributed by atoms with Crippen LogP contribution in [-0.2, 0) is 0 Å². The number of benzene rings is 2. The second-order valence-corrected chi connectivity index (χ2v) is 8.01. The zero-order chi connectivity index (χ0) is 22.0. The van der Waals surface area contributed by atoms with Gasteiger partial charge >= 0.3 is 0 Å². The highest BCUT2D eigenvalue weighted by Crippen LogP contribution is 2.28. The summed E-state index contributed by atoms with van der Waals surface area (Å²) < 4.78 is 6.21. The van der Waals surface area contributed by atoms with E-state index in [0.29, 0.717) is 54.0 Å². The van der Waals surface area contributed by atoms with Crippen molar-refractivity contribution in [3.05, 3.63) is 69.9 Å². The van der Waals surface area contributed by atoms with Crippen molar-refractivity contribution in [1.82, 2.24) is 9.80 Å². The fraction of sp³-hybridized carbons (Fsp3) is 0.360. The predicted octanol–water partition coefficient (Wildman–Crippen LogP) is 3.30. The van der Waals surface area contributed by atoms with E-state index in [4.69, 9.17) is 4.42 Å². The van der Waals surface area contributed by atoms with Gasteiger partial charge in [-0.15, -0.1) is 0 Å². The van der Waals surface area contributed by atoms with E-state index in [2.05, 4.69) is 11.8 Å². The normalized spacial score (nSPS) is 15.9. The first-order valence-electron chi connectivity index (χ1n) is 10.8. The molecule has 0 saturated carbocycles. The minimum absolute atomic E-state index is 0.117. The molecule has 1 aliphatic rings. The highest BCUT2D eigenvalue weighted by atomic mass is 16.3. The van der Waals surface area contributed by atoms with E-state index in [9.17, 15) is 14.7 Å². The van der Waals surface area contributed by atoms with Gasteiger partial charge in [0.05, 0.1) is 17.6 Å². The van der Waals surface area contributed by atoms with Gasteiger partial charge in [0.25, 0.3) is 5.91 Å². The molecule has 1 aromatic heterocycles. The Morgan fingerprint density at radius 3 is 2.42 bits per heavy atom. The van der Waals surface area contributed by atoms with E-state index in [0.717, 1.165) is 12.0 Å². The summed E-state index contributed by atoms with van der Waals surface area (Å²) in [6, 6.07) is 14.8. The summed E-state index contributed by atoms with van der Waals surface area (Å²) in [5.74, 6) is 0.366. The number of hydrogen-bond donors (Lipinski definition) is 1. The highest BCUT2D eigenvalue weighted by Gasteiger charge is 2.27. The molecule has 162 valence electrons. The van der Waals surface area contributed by atoms with Crippen LogP contribution in [0.5, 0.6) is 0 Å². The summed E-state index contributed by atoms with van der Waals surface area (Å²) in [7, 11) is 0. The van der Waals surface area contributed by atoms with Gasteiger partial charge in [-0.25, -0.2) is 0 Å². The maximum absolute atomic E-state index is 13.4. The number of aliphatic hydroxyl groups is 1. The van der Waals surface area contributed by atoms with Gasteiger partial charge in [0.2, 0.25) is 0 Å². The first-order chi connectivity index (χ1) is 15.0. The lowest BCUT2D eigenvalue weighted by Crippen LogP contribution is -2.52. The molecular weight excluding hydrogens is 392 g/mol. The summed E-state index contributed by atoms with van der Waals surface area (Å²) in [6.07, 6.45) is 0.876. The number of nitrogens with zero attached hydrogens (tertiary/aromatic N) is 2. The zero-order valence-corrected chi connectivity index (χ0v) is 18.0. The number of aliphatic hydroxyl groups excluding tert-OH is 1. The van der Waals surface area contributed by atoms with E-state index < -0.39 is 0 Å². The van der Waals surface area contributed by atoms with E-state index >= 15 is 0 Å². The Balaban J connectivity index is 1.69. The standard InChI is InChI=1S/C25H28N2O4/c1-3-19(16-28)26-12-14-27(15-13-26)25(30)21-11-7-10-20-22(29)17(2)23(31-24(20)21)18-8-5-4-6-9-18/h4-11,19,28H,3,12-16H2,1-2H3. The highest BCUT2D eigenvalue weighted by molar-refractivity contribution is 6.05. The van der Waals surface area contributed by atoms with Gasteiger partial charge in [0, 0.05) is 43.3 Å². The Kier molecular flexibility index (Phi) is 6.20. The van der Waals surface area contributed by atoms with Gasteiger partial charge in [-0.2, -0.15) is 0 Å². The van der Waals surface area contributed by atoms with Crippen molar-refractivity contribution in [2.24, 2.45) is 0 Å². The Morgan fingerprint density at radius 2 is 1.77 bits per heavy atom. The Bertz CT molecular complexity index is 1130. The van der Waals surface area contributed by atoms with Gasteiger partial charge in [0.15, 0.2) is 11.0 Å².